The van der Waals surface area contributed by atoms with Crippen molar-refractivity contribution in [1.29, 1.82) is 0 Å². The highest BCUT2D eigenvalue weighted by Crippen LogP contribution is 2.36. The molecule has 0 bridgehead atoms. The van der Waals surface area contributed by atoms with Gasteiger partial charge in [-0.1, -0.05) is 12.1 Å². The molecule has 0 fully saturated rings. The maximum absolute atomic E-state index is 12.9. The molecule has 2 heterocycles. The van der Waals surface area contributed by atoms with Gasteiger partial charge >= 0.3 is 11.9 Å². The minimum atomic E-state index is -0.333. The number of carbonyl (C=O) groups excluding carboxylic acids is 2. The zero-order valence-electron chi connectivity index (χ0n) is 28.2. The maximum atomic E-state index is 12.9. The summed E-state index contributed by atoms with van der Waals surface area (Å²) in [7, 11) is 0. The van der Waals surface area contributed by atoms with Crippen LogP contribution in [-0.4, -0.2) is 59.0 Å². The quantitative estimate of drug-likeness (QED) is 0.0891. The van der Waals surface area contributed by atoms with Gasteiger partial charge in [-0.05, 0) is 121 Å². The van der Waals surface area contributed by atoms with Gasteiger partial charge in [0, 0.05) is 70.3 Å². The van der Waals surface area contributed by atoms with Gasteiger partial charge in [0.1, 0.15) is 11.5 Å². The second-order valence-corrected chi connectivity index (χ2v) is 14.8. The van der Waals surface area contributed by atoms with Crippen molar-refractivity contribution in [2.24, 2.45) is 0 Å². The third kappa shape index (κ3) is 9.16. The predicted molar refractivity (Wildman–Crippen MR) is 190 cm³/mol. The molecule has 2 aromatic carbocycles. The number of carbonyl (C=O) groups is 2. The zero-order valence-corrected chi connectivity index (χ0v) is 29.9. The Bertz CT molecular complexity index is 1440. The number of benzene rings is 2. The second-order valence-electron chi connectivity index (χ2n) is 12.9. The van der Waals surface area contributed by atoms with Crippen molar-refractivity contribution >= 4 is 54.8 Å². The van der Waals surface area contributed by atoms with Crippen LogP contribution in [0.1, 0.15) is 85.8 Å². The Kier molecular flexibility index (Phi) is 12.6. The Hall–Kier alpha value is -2.78. The number of thiophene rings is 2. The third-order valence-corrected chi connectivity index (χ3v) is 10.4. The Balaban J connectivity index is 1.34. The van der Waals surface area contributed by atoms with Crippen molar-refractivity contribution < 1.29 is 19.1 Å². The van der Waals surface area contributed by atoms with Crippen LogP contribution in [0.15, 0.2) is 47.2 Å². The van der Waals surface area contributed by atoms with Gasteiger partial charge in [0.15, 0.2) is 0 Å². The average molecular weight is 651 g/mol. The molecule has 0 N–H and O–H groups in total. The van der Waals surface area contributed by atoms with Gasteiger partial charge in [-0.2, -0.15) is 0 Å². The van der Waals surface area contributed by atoms with E-state index in [1.54, 1.807) is 22.7 Å². The van der Waals surface area contributed by atoms with Crippen molar-refractivity contribution in [3.8, 4) is 11.5 Å². The molecule has 0 atom stereocenters. The molecular weight excluding hydrogens is 601 g/mol. The van der Waals surface area contributed by atoms with Crippen LogP contribution in [0.25, 0.3) is 20.2 Å². The van der Waals surface area contributed by atoms with Crippen LogP contribution in [-0.2, 0) is 22.4 Å². The Morgan fingerprint density at radius 1 is 0.622 bits per heavy atom. The number of hydrogen-bond donors (Lipinski definition) is 0. The van der Waals surface area contributed by atoms with Crippen LogP contribution in [0.2, 0.25) is 0 Å². The molecule has 0 aliphatic heterocycles. The van der Waals surface area contributed by atoms with Gasteiger partial charge < -0.3 is 9.47 Å². The van der Waals surface area contributed by atoms with Gasteiger partial charge in [0.25, 0.3) is 0 Å². The first-order valence-corrected chi connectivity index (χ1v) is 18.1. The van der Waals surface area contributed by atoms with E-state index in [1.165, 1.54) is 11.1 Å². The maximum Gasteiger partial charge on any atom is 0.311 e. The monoisotopic (exact) mass is 650 g/mol. The molecule has 4 aromatic rings. The highest BCUT2D eigenvalue weighted by atomic mass is 32.1. The van der Waals surface area contributed by atoms with Gasteiger partial charge in [-0.25, -0.2) is 0 Å². The number of hydrogen-bond acceptors (Lipinski definition) is 8. The van der Waals surface area contributed by atoms with E-state index >= 15 is 0 Å². The number of nitrogens with zero attached hydrogens (tertiary/aromatic N) is 2. The highest BCUT2D eigenvalue weighted by molar-refractivity contribution is 7.17. The lowest BCUT2D eigenvalue weighted by Gasteiger charge is -2.30. The van der Waals surface area contributed by atoms with Crippen LogP contribution >= 0.6 is 22.7 Å². The molecule has 0 saturated heterocycles. The summed E-state index contributed by atoms with van der Waals surface area (Å²) in [6.07, 6.45) is 2.44. The Morgan fingerprint density at radius 3 is 1.36 bits per heavy atom. The van der Waals surface area contributed by atoms with Gasteiger partial charge in [-0.3, -0.25) is 19.4 Å². The molecule has 4 rings (SSSR count). The van der Waals surface area contributed by atoms with E-state index in [-0.39, 0.29) is 24.8 Å². The van der Waals surface area contributed by atoms with Gasteiger partial charge in [-0.15, -0.1) is 22.7 Å². The van der Waals surface area contributed by atoms with E-state index < -0.39 is 0 Å². The molecule has 6 nitrogen and oxygen atoms in total. The van der Waals surface area contributed by atoms with Crippen molar-refractivity contribution in [2.75, 3.05) is 13.1 Å². The molecule has 244 valence electrons. The fourth-order valence-electron chi connectivity index (χ4n) is 6.23. The van der Waals surface area contributed by atoms with E-state index in [0.717, 1.165) is 46.1 Å². The van der Waals surface area contributed by atoms with Gasteiger partial charge in [0.2, 0.25) is 0 Å². The second kappa shape index (κ2) is 16.2. The summed E-state index contributed by atoms with van der Waals surface area (Å²) in [6.45, 7) is 19.7. The van der Waals surface area contributed by atoms with E-state index in [1.807, 2.05) is 24.3 Å². The fourth-order valence-corrected chi connectivity index (χ4v) is 8.25. The molecule has 0 radical (unpaired) electrons. The molecule has 0 spiro atoms. The zero-order chi connectivity index (χ0) is 32.7. The lowest BCUT2D eigenvalue weighted by atomic mass is 10.1. The summed E-state index contributed by atoms with van der Waals surface area (Å²) in [5.41, 5.74) is 2.41. The van der Waals surface area contributed by atoms with E-state index in [0.29, 0.717) is 42.1 Å². The number of ether oxygens (including phenoxy) is 2. The normalized spacial score (nSPS) is 12.2. The Morgan fingerprint density at radius 2 is 1.00 bits per heavy atom. The fraction of sp³-hybridized carbons (Fsp3) is 0.514. The summed E-state index contributed by atoms with van der Waals surface area (Å²) in [4.78, 5) is 30.8. The lowest BCUT2D eigenvalue weighted by Crippen LogP contribution is -2.38. The molecule has 0 amide bonds. The molecule has 0 aliphatic carbocycles. The largest absolute Gasteiger partial charge is 0.426 e. The topological polar surface area (TPSA) is 59.1 Å². The summed E-state index contributed by atoms with van der Waals surface area (Å²) in [6, 6.07) is 13.6. The van der Waals surface area contributed by atoms with E-state index in [2.05, 4.69) is 88.1 Å². The standard InChI is InChI=1S/C37H50N2O4S2/c1-24(2)38(25(3)4)20-18-28-22-44-32-14-9-12-30(36(28)32)42-34(40)16-11-17-35(41)43-31-13-10-15-33-37(31)29(23-45-33)19-21-39(26(5)6)27(7)8/h9-10,12-15,22-27H,11,16-21H2,1-8H3. The average Bonchev–Trinajstić information content (AvgIpc) is 3.58. The highest BCUT2D eigenvalue weighted by Gasteiger charge is 2.19. The number of fused-ring (bicyclic) bond motifs is 2. The lowest BCUT2D eigenvalue weighted by molar-refractivity contribution is -0.135. The van der Waals surface area contributed by atoms with Crippen molar-refractivity contribution in [1.82, 2.24) is 9.80 Å². The predicted octanol–water partition coefficient (Wildman–Crippen LogP) is 9.12. The van der Waals surface area contributed by atoms with Crippen LogP contribution in [0.5, 0.6) is 11.5 Å². The van der Waals surface area contributed by atoms with Crippen molar-refractivity contribution in [2.45, 2.75) is 112 Å². The van der Waals surface area contributed by atoms with Crippen LogP contribution in [0.3, 0.4) is 0 Å². The summed E-state index contributed by atoms with van der Waals surface area (Å²) in [5, 5.41) is 6.40. The minimum absolute atomic E-state index is 0.146. The van der Waals surface area contributed by atoms with Gasteiger partial charge in [0.05, 0.1) is 0 Å². The number of esters is 2. The van der Waals surface area contributed by atoms with Crippen LogP contribution in [0.4, 0.5) is 0 Å². The van der Waals surface area contributed by atoms with E-state index in [4.69, 9.17) is 9.47 Å². The van der Waals surface area contributed by atoms with Crippen molar-refractivity contribution in [3.05, 3.63) is 58.3 Å². The van der Waals surface area contributed by atoms with E-state index in [9.17, 15) is 9.59 Å². The number of rotatable bonds is 16. The first-order valence-electron chi connectivity index (χ1n) is 16.4. The smallest absolute Gasteiger partial charge is 0.311 e. The molecule has 0 saturated carbocycles. The van der Waals surface area contributed by atoms with Crippen LogP contribution < -0.4 is 9.47 Å². The molecule has 8 heteroatoms. The Labute approximate surface area is 277 Å². The van der Waals surface area contributed by atoms with Crippen LogP contribution in [0, 0.1) is 0 Å². The minimum Gasteiger partial charge on any atom is -0.426 e. The molecule has 2 aromatic heterocycles. The first kappa shape index (κ1) is 35.1. The summed E-state index contributed by atoms with van der Waals surface area (Å²) < 4.78 is 14.0. The molecule has 45 heavy (non-hydrogen) atoms. The van der Waals surface area contributed by atoms with Crippen molar-refractivity contribution in [3.63, 3.8) is 0 Å². The summed E-state index contributed by atoms with van der Waals surface area (Å²) in [5.74, 6) is 0.533. The molecule has 0 unspecified atom stereocenters. The summed E-state index contributed by atoms with van der Waals surface area (Å²) >= 11 is 3.37. The molecule has 0 aliphatic rings. The molecular formula is C37H50N2O4S2. The third-order valence-electron chi connectivity index (χ3n) is 8.42. The SMILES string of the molecule is CC(C)N(CCc1csc2cccc(OC(=O)CCCC(=O)Oc3cccc4scc(CCN(C(C)C)C(C)C)c34)c12)C(C)C. The first-order chi connectivity index (χ1) is 21.5.